The standard InChI is InChI=1S/C15H14Cl3NO2S/c1-3-19(12-6-4-10(2)14(18)9-12)22(20,21)15-8-11(16)5-7-13(15)17/h4-9H,3H2,1-2H3. The first kappa shape index (κ1) is 17.4. The smallest absolute Gasteiger partial charge is 0.265 e. The molecule has 0 N–H and O–H groups in total. The highest BCUT2D eigenvalue weighted by atomic mass is 35.5. The Hall–Kier alpha value is -0.940. The van der Waals surface area contributed by atoms with Crippen molar-refractivity contribution in [2.45, 2.75) is 18.7 Å². The molecule has 0 heterocycles. The zero-order valence-electron chi connectivity index (χ0n) is 12.0. The van der Waals surface area contributed by atoms with Crippen molar-refractivity contribution in [2.24, 2.45) is 0 Å². The summed E-state index contributed by atoms with van der Waals surface area (Å²) < 4.78 is 27.0. The minimum absolute atomic E-state index is 0.0276. The molecule has 0 atom stereocenters. The van der Waals surface area contributed by atoms with Crippen LogP contribution in [0.15, 0.2) is 41.3 Å². The topological polar surface area (TPSA) is 37.4 Å². The summed E-state index contributed by atoms with van der Waals surface area (Å²) in [6, 6.07) is 9.46. The van der Waals surface area contributed by atoms with E-state index >= 15 is 0 Å². The van der Waals surface area contributed by atoms with Crippen LogP contribution in [0.1, 0.15) is 12.5 Å². The van der Waals surface area contributed by atoms with Gasteiger partial charge in [0, 0.05) is 16.6 Å². The highest BCUT2D eigenvalue weighted by Crippen LogP contribution is 2.32. The van der Waals surface area contributed by atoms with Gasteiger partial charge in [0.05, 0.1) is 10.7 Å². The Kier molecular flexibility index (Phi) is 5.28. The first-order valence-electron chi connectivity index (χ1n) is 6.51. The van der Waals surface area contributed by atoms with E-state index < -0.39 is 10.0 Å². The van der Waals surface area contributed by atoms with Crippen LogP contribution >= 0.6 is 34.8 Å². The first-order valence-corrected chi connectivity index (χ1v) is 9.08. The molecule has 7 heteroatoms. The van der Waals surface area contributed by atoms with E-state index in [4.69, 9.17) is 34.8 Å². The van der Waals surface area contributed by atoms with E-state index in [1.807, 2.05) is 6.92 Å². The molecule has 118 valence electrons. The van der Waals surface area contributed by atoms with Crippen LogP contribution in [0.25, 0.3) is 0 Å². The maximum atomic E-state index is 12.9. The molecule has 0 amide bonds. The average molecular weight is 379 g/mol. The molecule has 3 nitrogen and oxygen atoms in total. The van der Waals surface area contributed by atoms with Gasteiger partial charge in [0.2, 0.25) is 0 Å². The molecule has 0 spiro atoms. The lowest BCUT2D eigenvalue weighted by atomic mass is 10.2. The SMILES string of the molecule is CCN(c1ccc(C)c(Cl)c1)S(=O)(=O)c1cc(Cl)ccc1Cl. The van der Waals surface area contributed by atoms with E-state index in [-0.39, 0.29) is 16.5 Å². The van der Waals surface area contributed by atoms with Gasteiger partial charge in [0.25, 0.3) is 10.0 Å². The molecule has 0 radical (unpaired) electrons. The van der Waals surface area contributed by atoms with E-state index in [0.717, 1.165) is 5.56 Å². The molecule has 0 bridgehead atoms. The number of rotatable bonds is 4. The number of benzene rings is 2. The molecule has 0 saturated heterocycles. The van der Waals surface area contributed by atoms with Crippen LogP contribution in [0.3, 0.4) is 0 Å². The van der Waals surface area contributed by atoms with Crippen molar-refractivity contribution in [3.8, 4) is 0 Å². The maximum absolute atomic E-state index is 12.9. The zero-order chi connectivity index (χ0) is 16.5. The Morgan fingerprint density at radius 2 is 1.68 bits per heavy atom. The summed E-state index contributed by atoms with van der Waals surface area (Å²) >= 11 is 18.0. The second-order valence-corrected chi connectivity index (χ2v) is 7.76. The minimum atomic E-state index is -3.83. The fourth-order valence-electron chi connectivity index (χ4n) is 2.02. The van der Waals surface area contributed by atoms with E-state index in [1.165, 1.54) is 16.4 Å². The predicted octanol–water partition coefficient (Wildman–Crippen LogP) is 5.17. The van der Waals surface area contributed by atoms with Crippen molar-refractivity contribution < 1.29 is 8.42 Å². The van der Waals surface area contributed by atoms with E-state index in [2.05, 4.69) is 0 Å². The molecule has 2 rings (SSSR count). The third-order valence-electron chi connectivity index (χ3n) is 3.19. The molecule has 0 aliphatic carbocycles. The average Bonchev–Trinajstić information content (AvgIpc) is 2.45. The highest BCUT2D eigenvalue weighted by molar-refractivity contribution is 7.93. The normalized spacial score (nSPS) is 11.5. The molecule has 0 unspecified atom stereocenters. The van der Waals surface area contributed by atoms with Crippen molar-refractivity contribution >= 4 is 50.5 Å². The second-order valence-electron chi connectivity index (χ2n) is 4.68. The summed E-state index contributed by atoms with van der Waals surface area (Å²) in [5, 5.41) is 0.936. The first-order chi connectivity index (χ1) is 10.3. The van der Waals surface area contributed by atoms with Gasteiger partial charge in [-0.05, 0) is 49.7 Å². The van der Waals surface area contributed by atoms with Crippen LogP contribution in [0.2, 0.25) is 15.1 Å². The van der Waals surface area contributed by atoms with Gasteiger partial charge in [-0.1, -0.05) is 40.9 Å². The Bertz CT molecular complexity index is 806. The van der Waals surface area contributed by atoms with Crippen LogP contribution < -0.4 is 4.31 Å². The molecular weight excluding hydrogens is 365 g/mol. The van der Waals surface area contributed by atoms with Crippen molar-refractivity contribution in [3.05, 3.63) is 57.0 Å². The molecule has 2 aromatic rings. The summed E-state index contributed by atoms with van der Waals surface area (Å²) in [7, 11) is -3.83. The molecular formula is C15H14Cl3NO2S. The van der Waals surface area contributed by atoms with Crippen LogP contribution in [0, 0.1) is 6.92 Å². The summed E-state index contributed by atoms with van der Waals surface area (Å²) in [6.45, 7) is 3.83. The van der Waals surface area contributed by atoms with Gasteiger partial charge in [-0.2, -0.15) is 0 Å². The molecule has 0 aliphatic rings. The molecule has 0 fully saturated rings. The lowest BCUT2D eigenvalue weighted by Crippen LogP contribution is -2.31. The minimum Gasteiger partial charge on any atom is -0.267 e. The van der Waals surface area contributed by atoms with Gasteiger partial charge in [-0.25, -0.2) is 8.42 Å². The summed E-state index contributed by atoms with van der Waals surface area (Å²) in [6.07, 6.45) is 0. The van der Waals surface area contributed by atoms with Gasteiger partial charge >= 0.3 is 0 Å². The van der Waals surface area contributed by atoms with Crippen LogP contribution in [0.4, 0.5) is 5.69 Å². The van der Waals surface area contributed by atoms with Gasteiger partial charge < -0.3 is 0 Å². The van der Waals surface area contributed by atoms with Crippen molar-refractivity contribution in [3.63, 3.8) is 0 Å². The van der Waals surface area contributed by atoms with Crippen molar-refractivity contribution in [1.82, 2.24) is 0 Å². The van der Waals surface area contributed by atoms with Gasteiger partial charge in [-0.15, -0.1) is 0 Å². The van der Waals surface area contributed by atoms with E-state index in [1.54, 1.807) is 31.2 Å². The Labute approximate surface area is 145 Å². The molecule has 0 aromatic heterocycles. The van der Waals surface area contributed by atoms with Gasteiger partial charge in [0.15, 0.2) is 0 Å². The third-order valence-corrected chi connectivity index (χ3v) is 6.22. The van der Waals surface area contributed by atoms with Gasteiger partial charge in [0.1, 0.15) is 4.90 Å². The molecule has 0 aliphatic heterocycles. The fourth-order valence-corrected chi connectivity index (χ4v) is 4.40. The highest BCUT2D eigenvalue weighted by Gasteiger charge is 2.26. The summed E-state index contributed by atoms with van der Waals surface area (Å²) in [4.78, 5) is -0.0276. The number of halogens is 3. The largest absolute Gasteiger partial charge is 0.267 e. The zero-order valence-corrected chi connectivity index (χ0v) is 15.1. The number of anilines is 1. The van der Waals surface area contributed by atoms with Crippen molar-refractivity contribution in [1.29, 1.82) is 0 Å². The summed E-state index contributed by atoms with van der Waals surface area (Å²) in [5.41, 5.74) is 1.36. The predicted molar refractivity (Wildman–Crippen MR) is 92.9 cm³/mol. The lowest BCUT2D eigenvalue weighted by molar-refractivity contribution is 0.592. The molecule has 2 aromatic carbocycles. The summed E-state index contributed by atoms with van der Waals surface area (Å²) in [5.74, 6) is 0. The Morgan fingerprint density at radius 3 is 2.27 bits per heavy atom. The Balaban J connectivity index is 2.58. The maximum Gasteiger partial charge on any atom is 0.265 e. The number of aryl methyl sites for hydroxylation is 1. The van der Waals surface area contributed by atoms with E-state index in [0.29, 0.717) is 15.7 Å². The van der Waals surface area contributed by atoms with Gasteiger partial charge in [-0.3, -0.25) is 4.31 Å². The lowest BCUT2D eigenvalue weighted by Gasteiger charge is -2.24. The van der Waals surface area contributed by atoms with Crippen LogP contribution in [-0.2, 0) is 10.0 Å². The van der Waals surface area contributed by atoms with Crippen LogP contribution in [0.5, 0.6) is 0 Å². The fraction of sp³-hybridized carbons (Fsp3) is 0.200. The molecule has 22 heavy (non-hydrogen) atoms. The van der Waals surface area contributed by atoms with Crippen LogP contribution in [-0.4, -0.2) is 15.0 Å². The monoisotopic (exact) mass is 377 g/mol. The third kappa shape index (κ3) is 3.35. The number of hydrogen-bond acceptors (Lipinski definition) is 2. The van der Waals surface area contributed by atoms with Crippen molar-refractivity contribution in [2.75, 3.05) is 10.8 Å². The second kappa shape index (κ2) is 6.67. The number of hydrogen-bond donors (Lipinski definition) is 0. The number of nitrogens with zero attached hydrogens (tertiary/aromatic N) is 1. The number of sulfonamides is 1. The Morgan fingerprint density at radius 1 is 1.00 bits per heavy atom. The van der Waals surface area contributed by atoms with E-state index in [9.17, 15) is 8.42 Å². The quantitative estimate of drug-likeness (QED) is 0.736. The molecule has 0 saturated carbocycles.